The van der Waals surface area contributed by atoms with Gasteiger partial charge in [0.1, 0.15) is 11.5 Å². The first-order valence-corrected chi connectivity index (χ1v) is 17.6. The highest BCUT2D eigenvalue weighted by molar-refractivity contribution is 5.78. The van der Waals surface area contributed by atoms with Crippen molar-refractivity contribution in [3.05, 3.63) is 172 Å². The lowest BCUT2D eigenvalue weighted by molar-refractivity contribution is 0.0195. The van der Waals surface area contributed by atoms with E-state index in [1.165, 1.54) is 39.0 Å². The van der Waals surface area contributed by atoms with Crippen LogP contribution in [0, 0.1) is 16.7 Å². The van der Waals surface area contributed by atoms with Crippen molar-refractivity contribution in [1.82, 2.24) is 9.97 Å². The Morgan fingerprint density at radius 2 is 1.65 bits per heavy atom. The van der Waals surface area contributed by atoms with Crippen molar-refractivity contribution < 1.29 is 14.2 Å². The second-order valence-corrected chi connectivity index (χ2v) is 15.2. The largest absolute Gasteiger partial charge is 0.461 e. The molecule has 5 heteroatoms. The predicted molar refractivity (Wildman–Crippen MR) is 193 cm³/mol. The van der Waals surface area contributed by atoms with Gasteiger partial charge in [-0.3, -0.25) is 9.97 Å². The van der Waals surface area contributed by atoms with Gasteiger partial charge in [-0.05, 0) is 89.5 Å². The van der Waals surface area contributed by atoms with Crippen LogP contribution in [0.15, 0.2) is 161 Å². The van der Waals surface area contributed by atoms with E-state index in [9.17, 15) is 0 Å². The van der Waals surface area contributed by atoms with Gasteiger partial charge < -0.3 is 14.2 Å². The van der Waals surface area contributed by atoms with E-state index in [2.05, 4.69) is 116 Å². The molecule has 1 saturated heterocycles. The molecule has 0 bridgehead atoms. The first kappa shape index (κ1) is 30.3. The van der Waals surface area contributed by atoms with Crippen LogP contribution >= 0.6 is 0 Å². The fraction of sp³-hybridized carbons (Fsp3) is 0.318. The summed E-state index contributed by atoms with van der Waals surface area (Å²) in [4.78, 5) is 8.97. The lowest BCUT2D eigenvalue weighted by atomic mass is 9.62. The standard InChI is InChI=1S/C44H42N2O3/c1-42(34-20-32(31-8-6-18-45-26-31)23-43(2,24-34)33-9-7-19-46-27-33)17-15-39-36(25-42)35-21-29(12-14-38(35)47-28-48-39)30-11-13-37-40(22-30)49-41-10-4-5-16-44(37,41)3/h4-20,23,26-27,35,40-41H,21-22,24-25,28H2,1-3H3. The topological polar surface area (TPSA) is 53.5 Å². The van der Waals surface area contributed by atoms with Crippen molar-refractivity contribution in [3.63, 3.8) is 0 Å². The fourth-order valence-corrected chi connectivity index (χ4v) is 9.02. The molecule has 49 heavy (non-hydrogen) atoms. The predicted octanol–water partition coefficient (Wildman–Crippen LogP) is 9.36. The normalized spacial score (nSPS) is 34.3. The molecule has 9 rings (SSSR count). The van der Waals surface area contributed by atoms with E-state index >= 15 is 0 Å². The van der Waals surface area contributed by atoms with Crippen molar-refractivity contribution in [2.45, 2.75) is 64.1 Å². The molecule has 0 spiro atoms. The van der Waals surface area contributed by atoms with Gasteiger partial charge in [0.05, 0.1) is 12.2 Å². The van der Waals surface area contributed by atoms with Crippen LogP contribution in [0.2, 0.25) is 0 Å². The van der Waals surface area contributed by atoms with E-state index in [1.54, 1.807) is 0 Å². The van der Waals surface area contributed by atoms with Crippen LogP contribution in [0.5, 0.6) is 0 Å². The smallest absolute Gasteiger partial charge is 0.230 e. The van der Waals surface area contributed by atoms with Gasteiger partial charge in [-0.2, -0.15) is 0 Å². The molecule has 246 valence electrons. The second-order valence-electron chi connectivity index (χ2n) is 15.2. The summed E-state index contributed by atoms with van der Waals surface area (Å²) in [5.41, 5.74) is 9.87. The maximum absolute atomic E-state index is 6.62. The van der Waals surface area contributed by atoms with Gasteiger partial charge >= 0.3 is 0 Å². The third-order valence-corrected chi connectivity index (χ3v) is 12.0. The van der Waals surface area contributed by atoms with Gasteiger partial charge in [0, 0.05) is 53.4 Å². The number of fused-ring (bicyclic) bond motifs is 5. The van der Waals surface area contributed by atoms with Gasteiger partial charge in [0.25, 0.3) is 0 Å². The van der Waals surface area contributed by atoms with Crippen molar-refractivity contribution in [2.24, 2.45) is 16.7 Å². The van der Waals surface area contributed by atoms with Crippen LogP contribution < -0.4 is 0 Å². The second kappa shape index (κ2) is 11.4. The molecule has 6 atom stereocenters. The molecule has 4 heterocycles. The van der Waals surface area contributed by atoms with Crippen molar-refractivity contribution in [3.8, 4) is 0 Å². The van der Waals surface area contributed by atoms with Crippen molar-refractivity contribution in [1.29, 1.82) is 0 Å². The minimum atomic E-state index is -0.216. The van der Waals surface area contributed by atoms with E-state index in [1.807, 2.05) is 36.9 Å². The maximum atomic E-state index is 6.62. The highest BCUT2D eigenvalue weighted by atomic mass is 16.7. The number of nitrogens with zero attached hydrogens (tertiary/aromatic N) is 2. The van der Waals surface area contributed by atoms with Crippen LogP contribution in [-0.4, -0.2) is 29.0 Å². The summed E-state index contributed by atoms with van der Waals surface area (Å²) >= 11 is 0. The minimum Gasteiger partial charge on any atom is -0.461 e. The number of rotatable bonds is 4. The van der Waals surface area contributed by atoms with Crippen LogP contribution in [0.4, 0.5) is 0 Å². The summed E-state index contributed by atoms with van der Waals surface area (Å²) in [5, 5.41) is 0. The molecular formula is C44H42N2O3. The number of hydrogen-bond donors (Lipinski definition) is 0. The molecule has 7 aliphatic rings. The molecule has 0 amide bonds. The van der Waals surface area contributed by atoms with E-state index < -0.39 is 0 Å². The van der Waals surface area contributed by atoms with E-state index in [0.29, 0.717) is 0 Å². The molecule has 1 fully saturated rings. The summed E-state index contributed by atoms with van der Waals surface area (Å²) in [5.74, 6) is 2.07. The molecule has 0 radical (unpaired) electrons. The highest BCUT2D eigenvalue weighted by Crippen LogP contribution is 2.54. The molecule has 0 aromatic carbocycles. The molecule has 5 nitrogen and oxygen atoms in total. The molecule has 2 aliphatic heterocycles. The van der Waals surface area contributed by atoms with Crippen LogP contribution in [0.3, 0.4) is 0 Å². The summed E-state index contributed by atoms with van der Waals surface area (Å²) in [6, 6.07) is 8.41. The quantitative estimate of drug-likeness (QED) is 0.331. The zero-order chi connectivity index (χ0) is 33.2. The number of pyridine rings is 2. The first-order chi connectivity index (χ1) is 23.8. The molecule has 6 unspecified atom stereocenters. The Kier molecular flexibility index (Phi) is 7.07. The molecule has 2 aromatic rings. The Morgan fingerprint density at radius 3 is 2.49 bits per heavy atom. The SMILES string of the molecule is CC1(C2=CC(c3cccnc3)=CC(C)(c3cccnc3)C2)C=CC2=C(C1)C1CC(C3=CC=C4C(C3)OC3C=CC=CC43C)=CC=C1OCO2. The molecular weight excluding hydrogens is 604 g/mol. The van der Waals surface area contributed by atoms with Gasteiger partial charge in [-0.1, -0.05) is 92.3 Å². The Bertz CT molecular complexity index is 2020. The monoisotopic (exact) mass is 646 g/mol. The summed E-state index contributed by atoms with van der Waals surface area (Å²) < 4.78 is 19.2. The van der Waals surface area contributed by atoms with E-state index in [4.69, 9.17) is 14.2 Å². The fourth-order valence-electron chi connectivity index (χ4n) is 9.02. The number of aromatic nitrogens is 2. The van der Waals surface area contributed by atoms with Crippen LogP contribution in [-0.2, 0) is 19.6 Å². The highest BCUT2D eigenvalue weighted by Gasteiger charge is 2.48. The van der Waals surface area contributed by atoms with Gasteiger partial charge in [-0.25, -0.2) is 0 Å². The van der Waals surface area contributed by atoms with Gasteiger partial charge in [0.2, 0.25) is 6.79 Å². The summed E-state index contributed by atoms with van der Waals surface area (Å²) in [6.45, 7) is 7.26. The zero-order valence-electron chi connectivity index (χ0n) is 28.4. The third kappa shape index (κ3) is 5.09. The Morgan fingerprint density at radius 1 is 0.816 bits per heavy atom. The molecule has 0 saturated carbocycles. The van der Waals surface area contributed by atoms with Crippen molar-refractivity contribution >= 4 is 5.57 Å². The lowest BCUT2D eigenvalue weighted by Gasteiger charge is -2.42. The van der Waals surface area contributed by atoms with Crippen LogP contribution in [0.25, 0.3) is 5.57 Å². The maximum Gasteiger partial charge on any atom is 0.230 e. The van der Waals surface area contributed by atoms with Crippen LogP contribution in [0.1, 0.15) is 57.6 Å². The molecule has 2 aromatic heterocycles. The van der Waals surface area contributed by atoms with Gasteiger partial charge in [0.15, 0.2) is 0 Å². The van der Waals surface area contributed by atoms with Gasteiger partial charge in [-0.15, -0.1) is 0 Å². The molecule has 0 N–H and O–H groups in total. The number of allylic oxidation sites excluding steroid dienone is 14. The lowest BCUT2D eigenvalue weighted by Crippen LogP contribution is -2.31. The first-order valence-electron chi connectivity index (χ1n) is 17.6. The average Bonchev–Trinajstić information content (AvgIpc) is 3.32. The summed E-state index contributed by atoms with van der Waals surface area (Å²) in [7, 11) is 0. The summed E-state index contributed by atoms with van der Waals surface area (Å²) in [6.07, 6.45) is 38.7. The Hall–Kier alpha value is -4.74. The number of ether oxygens (including phenoxy) is 3. The van der Waals surface area contributed by atoms with E-state index in [0.717, 1.165) is 42.8 Å². The Labute approximate surface area is 289 Å². The van der Waals surface area contributed by atoms with Crippen molar-refractivity contribution in [2.75, 3.05) is 6.79 Å². The molecule has 5 aliphatic carbocycles. The minimum absolute atomic E-state index is 0.0620. The number of hydrogen-bond acceptors (Lipinski definition) is 5. The average molecular weight is 647 g/mol. The Balaban J connectivity index is 1.03. The van der Waals surface area contributed by atoms with E-state index in [-0.39, 0.29) is 41.2 Å². The third-order valence-electron chi connectivity index (χ3n) is 12.0. The zero-order valence-corrected chi connectivity index (χ0v) is 28.4.